The van der Waals surface area contributed by atoms with Crippen LogP contribution in [0.5, 0.6) is 5.75 Å². The van der Waals surface area contributed by atoms with Crippen molar-refractivity contribution in [2.24, 2.45) is 0 Å². The van der Waals surface area contributed by atoms with Gasteiger partial charge in [0, 0.05) is 23.2 Å². The van der Waals surface area contributed by atoms with Gasteiger partial charge in [0.05, 0.1) is 0 Å². The highest BCUT2D eigenvalue weighted by atomic mass is 35.5. The van der Waals surface area contributed by atoms with E-state index in [0.29, 0.717) is 23.4 Å². The Hall–Kier alpha value is -1.26. The summed E-state index contributed by atoms with van der Waals surface area (Å²) < 4.78 is 5.19. The van der Waals surface area contributed by atoms with Crippen LogP contribution in [0.2, 0.25) is 5.02 Å². The van der Waals surface area contributed by atoms with Gasteiger partial charge in [0.2, 0.25) is 0 Å². The van der Waals surface area contributed by atoms with Gasteiger partial charge < -0.3 is 15.2 Å². The van der Waals surface area contributed by atoms with Crippen LogP contribution >= 0.6 is 11.6 Å². The highest BCUT2D eigenvalue weighted by Gasteiger charge is 2.07. The SMILES string of the molecule is CC(C)NCc1cc(Cl)ccc1OCC(=O)O. The molecule has 0 atom stereocenters. The van der Waals surface area contributed by atoms with Crippen LogP contribution in [0.25, 0.3) is 0 Å². The Morgan fingerprint density at radius 1 is 1.53 bits per heavy atom. The number of nitrogens with one attached hydrogen (secondary N) is 1. The van der Waals surface area contributed by atoms with Crippen LogP contribution in [0, 0.1) is 0 Å². The van der Waals surface area contributed by atoms with Crippen LogP contribution in [0.4, 0.5) is 0 Å². The van der Waals surface area contributed by atoms with Gasteiger partial charge in [0.15, 0.2) is 6.61 Å². The Morgan fingerprint density at radius 2 is 2.24 bits per heavy atom. The van der Waals surface area contributed by atoms with E-state index < -0.39 is 5.97 Å². The second-order valence-electron chi connectivity index (χ2n) is 3.97. The molecule has 0 aromatic heterocycles. The zero-order valence-corrected chi connectivity index (χ0v) is 10.6. The third-order valence-corrected chi connectivity index (χ3v) is 2.31. The molecule has 94 valence electrons. The molecule has 1 rings (SSSR count). The third kappa shape index (κ3) is 5.06. The van der Waals surface area contributed by atoms with Crippen molar-refractivity contribution in [3.8, 4) is 5.75 Å². The van der Waals surface area contributed by atoms with Gasteiger partial charge in [0.25, 0.3) is 0 Å². The molecule has 0 aliphatic heterocycles. The molecule has 0 heterocycles. The van der Waals surface area contributed by atoms with Gasteiger partial charge in [0.1, 0.15) is 5.75 Å². The van der Waals surface area contributed by atoms with E-state index in [-0.39, 0.29) is 6.61 Å². The van der Waals surface area contributed by atoms with Crippen LogP contribution < -0.4 is 10.1 Å². The minimum absolute atomic E-state index is 0.335. The van der Waals surface area contributed by atoms with Crippen molar-refractivity contribution in [1.29, 1.82) is 0 Å². The Bertz CT molecular complexity index is 393. The van der Waals surface area contributed by atoms with Crippen LogP contribution in [-0.4, -0.2) is 23.7 Å². The van der Waals surface area contributed by atoms with E-state index >= 15 is 0 Å². The second kappa shape index (κ2) is 6.47. The van der Waals surface area contributed by atoms with E-state index in [4.69, 9.17) is 21.4 Å². The topological polar surface area (TPSA) is 58.6 Å². The molecule has 0 fully saturated rings. The lowest BCUT2D eigenvalue weighted by Gasteiger charge is -2.13. The number of rotatable bonds is 6. The molecule has 17 heavy (non-hydrogen) atoms. The summed E-state index contributed by atoms with van der Waals surface area (Å²) in [5, 5.41) is 12.4. The number of carboxylic acids is 1. The first-order valence-electron chi connectivity index (χ1n) is 5.35. The van der Waals surface area contributed by atoms with Gasteiger partial charge in [-0.05, 0) is 18.2 Å². The number of hydrogen-bond acceptors (Lipinski definition) is 3. The first-order valence-corrected chi connectivity index (χ1v) is 5.73. The maximum Gasteiger partial charge on any atom is 0.341 e. The van der Waals surface area contributed by atoms with Crippen LogP contribution in [0.3, 0.4) is 0 Å². The number of hydrogen-bond donors (Lipinski definition) is 2. The standard InChI is InChI=1S/C12H16ClNO3/c1-8(2)14-6-9-5-10(13)3-4-11(9)17-7-12(15)16/h3-5,8,14H,6-7H2,1-2H3,(H,15,16). The molecule has 0 unspecified atom stereocenters. The van der Waals surface area contributed by atoms with E-state index in [2.05, 4.69) is 5.32 Å². The number of benzene rings is 1. The van der Waals surface area contributed by atoms with Gasteiger partial charge in [-0.2, -0.15) is 0 Å². The summed E-state index contributed by atoms with van der Waals surface area (Å²) >= 11 is 5.90. The Labute approximate surface area is 106 Å². The molecule has 0 saturated heterocycles. The predicted molar refractivity (Wildman–Crippen MR) is 66.6 cm³/mol. The lowest BCUT2D eigenvalue weighted by molar-refractivity contribution is -0.139. The highest BCUT2D eigenvalue weighted by Crippen LogP contribution is 2.22. The van der Waals surface area contributed by atoms with Gasteiger partial charge in [-0.1, -0.05) is 25.4 Å². The number of carbonyl (C=O) groups is 1. The summed E-state index contributed by atoms with van der Waals surface area (Å²) in [7, 11) is 0. The van der Waals surface area contributed by atoms with E-state index in [0.717, 1.165) is 5.56 Å². The van der Waals surface area contributed by atoms with Gasteiger partial charge >= 0.3 is 5.97 Å². The summed E-state index contributed by atoms with van der Waals surface area (Å²) in [6.45, 7) is 4.30. The molecular weight excluding hydrogens is 242 g/mol. The molecule has 0 spiro atoms. The molecule has 4 nitrogen and oxygen atoms in total. The minimum Gasteiger partial charge on any atom is -0.482 e. The quantitative estimate of drug-likeness (QED) is 0.821. The van der Waals surface area contributed by atoms with Crippen molar-refractivity contribution < 1.29 is 14.6 Å². The van der Waals surface area contributed by atoms with Crippen molar-refractivity contribution >= 4 is 17.6 Å². The van der Waals surface area contributed by atoms with Gasteiger partial charge in [-0.25, -0.2) is 4.79 Å². The average Bonchev–Trinajstić information content (AvgIpc) is 2.24. The zero-order valence-electron chi connectivity index (χ0n) is 9.87. The van der Waals surface area contributed by atoms with Gasteiger partial charge in [-0.3, -0.25) is 0 Å². The summed E-state index contributed by atoms with van der Waals surface area (Å²) in [6, 6.07) is 5.47. The maximum atomic E-state index is 10.5. The average molecular weight is 258 g/mol. The summed E-state index contributed by atoms with van der Waals surface area (Å²) in [5.41, 5.74) is 0.854. The zero-order chi connectivity index (χ0) is 12.8. The van der Waals surface area contributed by atoms with Gasteiger partial charge in [-0.15, -0.1) is 0 Å². The number of ether oxygens (including phenoxy) is 1. The Balaban J connectivity index is 2.76. The third-order valence-electron chi connectivity index (χ3n) is 2.07. The van der Waals surface area contributed by atoms with Crippen molar-refractivity contribution in [2.45, 2.75) is 26.4 Å². The molecule has 1 aromatic carbocycles. The lowest BCUT2D eigenvalue weighted by atomic mass is 10.2. The predicted octanol–water partition coefficient (Wildman–Crippen LogP) is 2.30. The molecule has 0 saturated carbocycles. The van der Waals surface area contributed by atoms with Crippen molar-refractivity contribution in [1.82, 2.24) is 5.32 Å². The van der Waals surface area contributed by atoms with Crippen molar-refractivity contribution in [3.05, 3.63) is 28.8 Å². The number of aliphatic carboxylic acids is 1. The van der Waals surface area contributed by atoms with Crippen molar-refractivity contribution in [2.75, 3.05) is 6.61 Å². The smallest absolute Gasteiger partial charge is 0.341 e. The number of halogens is 1. The largest absolute Gasteiger partial charge is 0.482 e. The fraction of sp³-hybridized carbons (Fsp3) is 0.417. The maximum absolute atomic E-state index is 10.5. The summed E-state index contributed by atoms with van der Waals surface area (Å²) in [5.74, 6) is -0.451. The molecule has 0 amide bonds. The van der Waals surface area contributed by atoms with E-state index in [1.165, 1.54) is 0 Å². The lowest BCUT2D eigenvalue weighted by Crippen LogP contribution is -2.22. The fourth-order valence-corrected chi connectivity index (χ4v) is 1.48. The van der Waals surface area contributed by atoms with Crippen LogP contribution in [0.15, 0.2) is 18.2 Å². The molecule has 1 aromatic rings. The molecule has 0 radical (unpaired) electrons. The normalized spacial score (nSPS) is 10.6. The summed E-state index contributed by atoms with van der Waals surface area (Å²) in [4.78, 5) is 10.5. The molecule has 0 aliphatic carbocycles. The first-order chi connectivity index (χ1) is 7.99. The molecule has 2 N–H and O–H groups in total. The van der Waals surface area contributed by atoms with Crippen molar-refractivity contribution in [3.63, 3.8) is 0 Å². The highest BCUT2D eigenvalue weighted by molar-refractivity contribution is 6.30. The van der Waals surface area contributed by atoms with E-state index in [1.807, 2.05) is 13.8 Å². The molecule has 0 bridgehead atoms. The second-order valence-corrected chi connectivity index (χ2v) is 4.41. The van der Waals surface area contributed by atoms with E-state index in [9.17, 15) is 4.79 Å². The Kier molecular flexibility index (Phi) is 5.25. The Morgan fingerprint density at radius 3 is 2.82 bits per heavy atom. The fourth-order valence-electron chi connectivity index (χ4n) is 1.28. The first kappa shape index (κ1) is 13.8. The monoisotopic (exact) mass is 257 g/mol. The summed E-state index contributed by atoms with van der Waals surface area (Å²) in [6.07, 6.45) is 0. The minimum atomic E-state index is -0.997. The molecular formula is C12H16ClNO3. The molecule has 0 aliphatic rings. The van der Waals surface area contributed by atoms with Crippen LogP contribution in [0.1, 0.15) is 19.4 Å². The molecule has 5 heteroatoms. The van der Waals surface area contributed by atoms with Crippen LogP contribution in [-0.2, 0) is 11.3 Å². The number of carboxylic acid groups (broad SMARTS) is 1. The van der Waals surface area contributed by atoms with E-state index in [1.54, 1.807) is 18.2 Å².